The Hall–Kier alpha value is -2.32. The molecule has 25 heavy (non-hydrogen) atoms. The first-order valence-corrected chi connectivity index (χ1v) is 8.26. The van der Waals surface area contributed by atoms with E-state index >= 15 is 0 Å². The number of ether oxygens (including phenoxy) is 2. The third-order valence-electron chi connectivity index (χ3n) is 4.97. The molecule has 0 radical (unpaired) electrons. The average molecular weight is 350 g/mol. The van der Waals surface area contributed by atoms with Crippen LogP contribution < -0.4 is 15.2 Å². The van der Waals surface area contributed by atoms with Crippen LogP contribution in [-0.2, 0) is 9.59 Å². The van der Waals surface area contributed by atoms with Crippen molar-refractivity contribution >= 4 is 11.9 Å². The maximum absolute atomic E-state index is 11.6. The summed E-state index contributed by atoms with van der Waals surface area (Å²) in [5.74, 6) is -0.702. The molecule has 0 saturated carbocycles. The predicted molar refractivity (Wildman–Crippen MR) is 87.3 cm³/mol. The van der Waals surface area contributed by atoms with Crippen molar-refractivity contribution in [3.63, 3.8) is 0 Å². The number of carboxylic acids is 1. The van der Waals surface area contributed by atoms with Gasteiger partial charge in [0.2, 0.25) is 5.91 Å². The summed E-state index contributed by atoms with van der Waals surface area (Å²) in [5, 5.41) is 19.8. The van der Waals surface area contributed by atoms with Crippen molar-refractivity contribution in [3.05, 3.63) is 23.8 Å². The molecule has 136 valence electrons. The summed E-state index contributed by atoms with van der Waals surface area (Å²) < 4.78 is 11.0. The number of nitrogens with two attached hydrogens (primary N) is 1. The first-order valence-electron chi connectivity index (χ1n) is 8.26. The Labute approximate surface area is 145 Å². The molecule has 0 aliphatic carbocycles. The topological polar surface area (TPSA) is 122 Å². The van der Waals surface area contributed by atoms with Crippen LogP contribution >= 0.6 is 0 Å². The highest BCUT2D eigenvalue weighted by molar-refractivity contribution is 6.01. The fourth-order valence-corrected chi connectivity index (χ4v) is 3.30. The lowest BCUT2D eigenvalue weighted by Gasteiger charge is -2.37. The van der Waals surface area contributed by atoms with Gasteiger partial charge in [0.25, 0.3) is 0 Å². The molecular formula is C17H22N2O6. The highest BCUT2D eigenvalue weighted by Gasteiger charge is 2.47. The van der Waals surface area contributed by atoms with Crippen molar-refractivity contribution in [2.75, 3.05) is 32.8 Å². The van der Waals surface area contributed by atoms with E-state index in [-0.39, 0.29) is 12.8 Å². The zero-order chi connectivity index (χ0) is 18.0. The van der Waals surface area contributed by atoms with Gasteiger partial charge in [-0.2, -0.15) is 0 Å². The summed E-state index contributed by atoms with van der Waals surface area (Å²) in [4.78, 5) is 24.9. The fraction of sp³-hybridized carbons (Fsp3) is 0.529. The number of aliphatic hydroxyl groups excluding tert-OH is 1. The lowest BCUT2D eigenvalue weighted by Crippen LogP contribution is -2.52. The molecule has 2 heterocycles. The highest BCUT2D eigenvalue weighted by Crippen LogP contribution is 2.34. The lowest BCUT2D eigenvalue weighted by molar-refractivity contribution is -0.158. The molecule has 4 N–H and O–H groups in total. The number of piperidine rings is 1. The Morgan fingerprint density at radius 3 is 2.44 bits per heavy atom. The number of aliphatic hydroxyl groups is 1. The van der Waals surface area contributed by atoms with Gasteiger partial charge in [-0.1, -0.05) is 6.07 Å². The summed E-state index contributed by atoms with van der Waals surface area (Å²) in [7, 11) is 0. The van der Waals surface area contributed by atoms with Crippen LogP contribution in [0.1, 0.15) is 24.5 Å². The van der Waals surface area contributed by atoms with Crippen molar-refractivity contribution in [2.45, 2.75) is 18.9 Å². The van der Waals surface area contributed by atoms with Gasteiger partial charge in [-0.25, -0.2) is 0 Å². The number of rotatable bonds is 5. The molecule has 8 heteroatoms. The van der Waals surface area contributed by atoms with E-state index in [0.717, 1.165) is 0 Å². The number of hydrogen-bond donors (Lipinski definition) is 3. The molecule has 1 unspecified atom stereocenters. The number of benzene rings is 1. The van der Waals surface area contributed by atoms with Crippen LogP contribution in [0.5, 0.6) is 11.5 Å². The van der Waals surface area contributed by atoms with E-state index in [0.29, 0.717) is 49.9 Å². The molecule has 1 aromatic rings. The van der Waals surface area contributed by atoms with Crippen molar-refractivity contribution in [3.8, 4) is 11.5 Å². The number of nitrogens with zero attached hydrogens (tertiary/aromatic N) is 1. The minimum atomic E-state index is -1.50. The Bertz CT molecular complexity index is 653. The van der Waals surface area contributed by atoms with E-state index in [4.69, 9.17) is 15.2 Å². The maximum Gasteiger partial charge on any atom is 0.319 e. The zero-order valence-corrected chi connectivity index (χ0v) is 13.8. The van der Waals surface area contributed by atoms with Gasteiger partial charge < -0.3 is 30.3 Å². The van der Waals surface area contributed by atoms with E-state index in [1.54, 1.807) is 18.2 Å². The normalized spacial score (nSPS) is 20.7. The molecule has 0 bridgehead atoms. The number of aliphatic carboxylic acids is 1. The molecule has 1 fully saturated rings. The second kappa shape index (κ2) is 6.89. The van der Waals surface area contributed by atoms with Crippen LogP contribution in [0.2, 0.25) is 0 Å². The van der Waals surface area contributed by atoms with Crippen LogP contribution in [0.4, 0.5) is 0 Å². The van der Waals surface area contributed by atoms with Crippen LogP contribution in [0.15, 0.2) is 18.2 Å². The van der Waals surface area contributed by atoms with Gasteiger partial charge in [0.05, 0.1) is 6.10 Å². The summed E-state index contributed by atoms with van der Waals surface area (Å²) in [6.45, 7) is 2.10. The van der Waals surface area contributed by atoms with E-state index in [2.05, 4.69) is 0 Å². The minimum absolute atomic E-state index is 0.144. The van der Waals surface area contributed by atoms with Crippen molar-refractivity contribution in [2.24, 2.45) is 11.1 Å². The third-order valence-corrected chi connectivity index (χ3v) is 4.97. The summed E-state index contributed by atoms with van der Waals surface area (Å²) >= 11 is 0. The molecular weight excluding hydrogens is 328 g/mol. The Morgan fingerprint density at radius 2 is 1.84 bits per heavy atom. The molecule has 0 spiro atoms. The number of carbonyl (C=O) groups excluding carboxylic acids is 1. The van der Waals surface area contributed by atoms with Gasteiger partial charge in [0.15, 0.2) is 11.5 Å². The quantitative estimate of drug-likeness (QED) is 0.646. The van der Waals surface area contributed by atoms with Gasteiger partial charge in [0, 0.05) is 6.54 Å². The first-order chi connectivity index (χ1) is 11.9. The lowest BCUT2D eigenvalue weighted by atomic mass is 9.77. The number of β-amino-alcohol motifs (C(OH)–C–C–N with tert-alkyl or cyclic N) is 1. The van der Waals surface area contributed by atoms with Crippen LogP contribution in [0.25, 0.3) is 0 Å². The van der Waals surface area contributed by atoms with Crippen LogP contribution in [-0.4, -0.2) is 59.8 Å². The largest absolute Gasteiger partial charge is 0.486 e. The van der Waals surface area contributed by atoms with E-state index < -0.39 is 23.4 Å². The van der Waals surface area contributed by atoms with E-state index in [9.17, 15) is 19.8 Å². The van der Waals surface area contributed by atoms with Crippen molar-refractivity contribution in [1.82, 2.24) is 4.90 Å². The van der Waals surface area contributed by atoms with E-state index in [1.165, 1.54) is 0 Å². The minimum Gasteiger partial charge on any atom is -0.486 e. The molecule has 1 atom stereocenters. The zero-order valence-electron chi connectivity index (χ0n) is 13.8. The fourth-order valence-electron chi connectivity index (χ4n) is 3.30. The second-order valence-electron chi connectivity index (χ2n) is 6.47. The number of primary amides is 1. The molecule has 2 aliphatic rings. The molecule has 2 aliphatic heterocycles. The van der Waals surface area contributed by atoms with Gasteiger partial charge in [-0.05, 0) is 43.6 Å². The summed E-state index contributed by atoms with van der Waals surface area (Å²) in [6.07, 6.45) is -0.460. The summed E-state index contributed by atoms with van der Waals surface area (Å²) in [6, 6.07) is 5.31. The Balaban J connectivity index is 1.62. The number of fused-ring (bicyclic) bond motifs is 1. The maximum atomic E-state index is 11.6. The van der Waals surface area contributed by atoms with Gasteiger partial charge in [-0.3, -0.25) is 9.59 Å². The predicted octanol–water partition coefficient (Wildman–Crippen LogP) is 0.143. The van der Waals surface area contributed by atoms with Crippen LogP contribution in [0, 0.1) is 5.41 Å². The van der Waals surface area contributed by atoms with Gasteiger partial charge >= 0.3 is 5.97 Å². The first kappa shape index (κ1) is 17.5. The third kappa shape index (κ3) is 3.40. The highest BCUT2D eigenvalue weighted by atomic mass is 16.6. The standard InChI is InChI=1S/C17H22N2O6/c18-15(21)17(16(22)23)3-5-19(6-4-17)10-12(20)11-1-2-13-14(9-11)25-8-7-24-13/h1-2,9,12,20H,3-8,10H2,(H2,18,21)(H,22,23). The monoisotopic (exact) mass is 350 g/mol. The van der Waals surface area contributed by atoms with Crippen molar-refractivity contribution in [1.29, 1.82) is 0 Å². The summed E-state index contributed by atoms with van der Waals surface area (Å²) in [5.41, 5.74) is 4.49. The van der Waals surface area contributed by atoms with E-state index in [1.807, 2.05) is 4.90 Å². The van der Waals surface area contributed by atoms with Gasteiger partial charge in [-0.15, -0.1) is 0 Å². The molecule has 1 amide bonds. The number of amides is 1. The molecule has 3 rings (SSSR count). The molecule has 8 nitrogen and oxygen atoms in total. The number of carbonyl (C=O) groups is 2. The molecule has 1 saturated heterocycles. The second-order valence-corrected chi connectivity index (χ2v) is 6.47. The Kier molecular flexibility index (Phi) is 4.82. The Morgan fingerprint density at radius 1 is 1.20 bits per heavy atom. The van der Waals surface area contributed by atoms with Crippen molar-refractivity contribution < 1.29 is 29.3 Å². The van der Waals surface area contributed by atoms with Crippen LogP contribution in [0.3, 0.4) is 0 Å². The number of hydrogen-bond acceptors (Lipinski definition) is 6. The number of likely N-dealkylation sites (tertiary alicyclic amines) is 1. The smallest absolute Gasteiger partial charge is 0.319 e. The molecule has 0 aromatic heterocycles. The number of carboxylic acid groups (broad SMARTS) is 1. The SMILES string of the molecule is NC(=O)C1(C(=O)O)CCN(CC(O)c2ccc3c(c2)OCCO3)CC1. The average Bonchev–Trinajstić information content (AvgIpc) is 2.61. The van der Waals surface area contributed by atoms with Gasteiger partial charge in [0.1, 0.15) is 18.6 Å². The molecule has 1 aromatic carbocycles.